The first-order valence-corrected chi connectivity index (χ1v) is 7.98. The molecule has 108 valence electrons. The molecule has 0 aromatic rings. The number of carboxylic acid groups (broad SMARTS) is 1. The van der Waals surface area contributed by atoms with Gasteiger partial charge in [0.25, 0.3) is 5.91 Å². The fourth-order valence-corrected chi connectivity index (χ4v) is 4.14. The Balaban J connectivity index is 2.10. The second kappa shape index (κ2) is 6.61. The molecule has 19 heavy (non-hydrogen) atoms. The van der Waals surface area contributed by atoms with Crippen molar-refractivity contribution < 1.29 is 19.4 Å². The Bertz CT molecular complexity index is 344. The molecule has 1 N–H and O–H groups in total. The molecule has 2 rings (SSSR count). The molecule has 6 heteroatoms. The fraction of sp³-hybridized carbons (Fsp3) is 0.846. The van der Waals surface area contributed by atoms with Crippen LogP contribution in [-0.4, -0.2) is 51.8 Å². The number of rotatable bonds is 4. The number of nitrogens with zero attached hydrogens (tertiary/aromatic N) is 1. The second-order valence-corrected chi connectivity index (χ2v) is 6.24. The Morgan fingerprint density at radius 2 is 2.21 bits per heavy atom. The number of hydrogen-bond donors (Lipinski definition) is 1. The highest BCUT2D eigenvalue weighted by Crippen LogP contribution is 2.34. The van der Waals surface area contributed by atoms with Crippen LogP contribution in [-0.2, 0) is 14.3 Å². The zero-order chi connectivity index (χ0) is 13.8. The summed E-state index contributed by atoms with van der Waals surface area (Å²) in [5.41, 5.74) is 0. The van der Waals surface area contributed by atoms with Gasteiger partial charge in [-0.1, -0.05) is 13.3 Å². The van der Waals surface area contributed by atoms with E-state index in [1.165, 1.54) is 0 Å². The van der Waals surface area contributed by atoms with Crippen LogP contribution in [0.5, 0.6) is 0 Å². The molecular weight excluding hydrogens is 266 g/mol. The number of thioether (sulfide) groups is 1. The van der Waals surface area contributed by atoms with Gasteiger partial charge in [0.15, 0.2) is 0 Å². The average molecular weight is 287 g/mol. The molecule has 0 aromatic carbocycles. The number of carboxylic acids is 1. The number of carbonyl (C=O) groups excluding carboxylic acids is 1. The van der Waals surface area contributed by atoms with Gasteiger partial charge in [-0.25, -0.2) is 4.79 Å². The summed E-state index contributed by atoms with van der Waals surface area (Å²) < 4.78 is 5.51. The Morgan fingerprint density at radius 3 is 2.79 bits per heavy atom. The van der Waals surface area contributed by atoms with Crippen molar-refractivity contribution in [3.8, 4) is 0 Å². The molecule has 1 amide bonds. The maximum atomic E-state index is 12.5. The van der Waals surface area contributed by atoms with E-state index in [1.54, 1.807) is 16.7 Å². The highest BCUT2D eigenvalue weighted by molar-refractivity contribution is 8.00. The van der Waals surface area contributed by atoms with Crippen molar-refractivity contribution in [2.45, 2.75) is 56.5 Å². The lowest BCUT2D eigenvalue weighted by Gasteiger charge is -2.32. The van der Waals surface area contributed by atoms with Crippen molar-refractivity contribution in [3.05, 3.63) is 0 Å². The van der Waals surface area contributed by atoms with Crippen molar-refractivity contribution in [3.63, 3.8) is 0 Å². The fourth-order valence-electron chi connectivity index (χ4n) is 2.62. The quantitative estimate of drug-likeness (QED) is 0.852. The van der Waals surface area contributed by atoms with Gasteiger partial charge >= 0.3 is 5.97 Å². The largest absolute Gasteiger partial charge is 0.480 e. The van der Waals surface area contributed by atoms with Crippen LogP contribution in [0.3, 0.4) is 0 Å². The maximum absolute atomic E-state index is 12.5. The number of aliphatic carboxylic acids is 1. The molecule has 2 heterocycles. The van der Waals surface area contributed by atoms with Crippen molar-refractivity contribution in [1.82, 2.24) is 4.90 Å². The normalized spacial score (nSPS) is 31.4. The van der Waals surface area contributed by atoms with Gasteiger partial charge in [0.2, 0.25) is 0 Å². The number of hydrogen-bond acceptors (Lipinski definition) is 4. The van der Waals surface area contributed by atoms with Gasteiger partial charge in [0.05, 0.1) is 5.37 Å². The molecule has 5 nitrogen and oxygen atoms in total. The monoisotopic (exact) mass is 287 g/mol. The molecule has 3 atom stereocenters. The lowest BCUT2D eigenvalue weighted by atomic mass is 10.1. The SMILES string of the molecule is CCCC1SCC(C(=O)O)N1C(=O)C1CCCCO1. The van der Waals surface area contributed by atoms with Crippen LogP contribution < -0.4 is 0 Å². The van der Waals surface area contributed by atoms with Gasteiger partial charge < -0.3 is 14.7 Å². The Morgan fingerprint density at radius 1 is 1.42 bits per heavy atom. The highest BCUT2D eigenvalue weighted by Gasteiger charge is 2.43. The van der Waals surface area contributed by atoms with E-state index < -0.39 is 18.1 Å². The van der Waals surface area contributed by atoms with Crippen LogP contribution in [0.1, 0.15) is 39.0 Å². The van der Waals surface area contributed by atoms with Gasteiger partial charge in [-0.3, -0.25) is 4.79 Å². The standard InChI is InChI=1S/C13H21NO4S/c1-2-5-11-14(9(8-19-11)13(16)17)12(15)10-6-3-4-7-18-10/h9-11H,2-8H2,1H3,(H,16,17). The third-order valence-corrected chi connectivity index (χ3v) is 4.98. The lowest BCUT2D eigenvalue weighted by molar-refractivity contribution is -0.157. The molecular formula is C13H21NO4S. The molecule has 0 spiro atoms. The molecule has 3 unspecified atom stereocenters. The van der Waals surface area contributed by atoms with Crippen molar-refractivity contribution >= 4 is 23.6 Å². The summed E-state index contributed by atoms with van der Waals surface area (Å²) in [7, 11) is 0. The van der Waals surface area contributed by atoms with Gasteiger partial charge in [0, 0.05) is 12.4 Å². The van der Waals surface area contributed by atoms with E-state index >= 15 is 0 Å². The molecule has 2 aliphatic rings. The average Bonchev–Trinajstić information content (AvgIpc) is 2.83. The van der Waals surface area contributed by atoms with Gasteiger partial charge in [-0.15, -0.1) is 11.8 Å². The minimum atomic E-state index is -0.907. The minimum absolute atomic E-state index is 0.0101. The lowest BCUT2D eigenvalue weighted by Crippen LogP contribution is -2.50. The first-order valence-electron chi connectivity index (χ1n) is 6.93. The van der Waals surface area contributed by atoms with Crippen LogP contribution in [0.25, 0.3) is 0 Å². The molecule has 2 fully saturated rings. The summed E-state index contributed by atoms with van der Waals surface area (Å²) in [4.78, 5) is 25.4. The smallest absolute Gasteiger partial charge is 0.327 e. The zero-order valence-electron chi connectivity index (χ0n) is 11.2. The van der Waals surface area contributed by atoms with E-state index in [-0.39, 0.29) is 11.3 Å². The molecule has 0 bridgehead atoms. The Hall–Kier alpha value is -0.750. The number of amides is 1. The third-order valence-electron chi connectivity index (χ3n) is 3.62. The molecule has 0 radical (unpaired) electrons. The van der Waals surface area contributed by atoms with Gasteiger partial charge in [0.1, 0.15) is 12.1 Å². The summed E-state index contributed by atoms with van der Waals surface area (Å²) in [6.45, 7) is 2.65. The predicted molar refractivity (Wildman–Crippen MR) is 73.0 cm³/mol. The van der Waals surface area contributed by atoms with E-state index in [2.05, 4.69) is 6.92 Å². The predicted octanol–water partition coefficient (Wildman–Crippen LogP) is 1.71. The van der Waals surface area contributed by atoms with E-state index in [1.807, 2.05) is 0 Å². The van der Waals surface area contributed by atoms with Crippen LogP contribution in [0.2, 0.25) is 0 Å². The number of carbonyl (C=O) groups is 2. The highest BCUT2D eigenvalue weighted by atomic mass is 32.2. The first-order chi connectivity index (χ1) is 9.15. The van der Waals surface area contributed by atoms with E-state index in [0.29, 0.717) is 18.8 Å². The van der Waals surface area contributed by atoms with Crippen LogP contribution in [0.15, 0.2) is 0 Å². The molecule has 0 saturated carbocycles. The Kier molecular flexibility index (Phi) is 5.10. The summed E-state index contributed by atoms with van der Waals surface area (Å²) in [5.74, 6) is -0.552. The Labute approximate surface area is 117 Å². The van der Waals surface area contributed by atoms with Gasteiger partial charge in [-0.2, -0.15) is 0 Å². The topological polar surface area (TPSA) is 66.8 Å². The first kappa shape index (κ1) is 14.7. The molecule has 2 saturated heterocycles. The number of ether oxygens (including phenoxy) is 1. The van der Waals surface area contributed by atoms with Crippen LogP contribution >= 0.6 is 11.8 Å². The van der Waals surface area contributed by atoms with Gasteiger partial charge in [-0.05, 0) is 25.7 Å². The van der Waals surface area contributed by atoms with Crippen LogP contribution in [0, 0.1) is 0 Å². The second-order valence-electron chi connectivity index (χ2n) is 5.03. The summed E-state index contributed by atoms with van der Waals surface area (Å²) in [6.07, 6.45) is 4.03. The summed E-state index contributed by atoms with van der Waals surface area (Å²) in [5, 5.41) is 9.26. The maximum Gasteiger partial charge on any atom is 0.327 e. The van der Waals surface area contributed by atoms with Crippen molar-refractivity contribution in [1.29, 1.82) is 0 Å². The zero-order valence-corrected chi connectivity index (χ0v) is 12.0. The summed E-state index contributed by atoms with van der Waals surface area (Å²) >= 11 is 1.57. The molecule has 2 aliphatic heterocycles. The van der Waals surface area contributed by atoms with Crippen molar-refractivity contribution in [2.75, 3.05) is 12.4 Å². The van der Waals surface area contributed by atoms with E-state index in [4.69, 9.17) is 4.74 Å². The summed E-state index contributed by atoms with van der Waals surface area (Å²) in [6, 6.07) is -0.695. The molecule has 0 aliphatic carbocycles. The third kappa shape index (κ3) is 3.23. The minimum Gasteiger partial charge on any atom is -0.480 e. The van der Waals surface area contributed by atoms with Crippen LogP contribution in [0.4, 0.5) is 0 Å². The van der Waals surface area contributed by atoms with Crippen molar-refractivity contribution in [2.24, 2.45) is 0 Å². The van der Waals surface area contributed by atoms with E-state index in [9.17, 15) is 14.7 Å². The molecule has 0 aromatic heterocycles. The van der Waals surface area contributed by atoms with E-state index in [0.717, 1.165) is 25.7 Å².